The molecule has 2 heterocycles. The van der Waals surface area contributed by atoms with E-state index in [9.17, 15) is 27.5 Å². The van der Waals surface area contributed by atoms with Crippen molar-refractivity contribution >= 4 is 17.3 Å². The first-order valence-electron chi connectivity index (χ1n) is 10.1. The molecule has 0 bridgehead atoms. The Bertz CT molecular complexity index is 1160. The smallest absolute Gasteiger partial charge is 0.303 e. The standard InChI is InChI=1S/C22H25F4N5O2/c1-11(2)22(25,26)21(4,33)20-29-8-13-10-30(9-12(3)31(13)20)19(32)18(28-5)14-6-15(23)16(24)7-17(14)27/h6-8,12,33H,1,9-10,27H2,2-5H3/t12-,21?/m0/s1. The molecule has 178 valence electrons. The highest BCUT2D eigenvalue weighted by atomic mass is 19.3. The van der Waals surface area contributed by atoms with Crippen LogP contribution < -0.4 is 5.73 Å². The number of halogens is 4. The van der Waals surface area contributed by atoms with Gasteiger partial charge in [0.1, 0.15) is 11.5 Å². The SMILES string of the molecule is C=C(C)C(F)(F)C(C)(O)c1ncc2n1[C@@H](C)CN(C(=O)C(=NC)c1cc(F)c(F)cc1N)C2. The fourth-order valence-corrected chi connectivity index (χ4v) is 3.98. The van der Waals surface area contributed by atoms with Crippen molar-refractivity contribution in [3.8, 4) is 0 Å². The largest absolute Gasteiger partial charge is 0.398 e. The number of anilines is 1. The summed E-state index contributed by atoms with van der Waals surface area (Å²) >= 11 is 0. The highest BCUT2D eigenvalue weighted by molar-refractivity contribution is 6.46. The van der Waals surface area contributed by atoms with E-state index >= 15 is 0 Å². The number of aromatic nitrogens is 2. The summed E-state index contributed by atoms with van der Waals surface area (Å²) in [5.74, 6) is -6.83. The summed E-state index contributed by atoms with van der Waals surface area (Å²) in [5.41, 5.74) is 2.65. The quantitative estimate of drug-likeness (QED) is 0.306. The molecule has 1 aliphatic heterocycles. The fourth-order valence-electron chi connectivity index (χ4n) is 3.98. The molecule has 0 aliphatic carbocycles. The van der Waals surface area contributed by atoms with Gasteiger partial charge < -0.3 is 20.3 Å². The van der Waals surface area contributed by atoms with Gasteiger partial charge in [0.25, 0.3) is 5.91 Å². The second kappa shape index (κ2) is 8.29. The monoisotopic (exact) mass is 467 g/mol. The van der Waals surface area contributed by atoms with Gasteiger partial charge in [-0.15, -0.1) is 0 Å². The van der Waals surface area contributed by atoms with Crippen molar-refractivity contribution < 1.29 is 27.5 Å². The Morgan fingerprint density at radius 1 is 1.33 bits per heavy atom. The summed E-state index contributed by atoms with van der Waals surface area (Å²) in [7, 11) is 1.32. The maximum atomic E-state index is 14.7. The molecular formula is C22H25F4N5O2. The van der Waals surface area contributed by atoms with E-state index in [1.54, 1.807) is 6.92 Å². The predicted molar refractivity (Wildman–Crippen MR) is 115 cm³/mol. The van der Waals surface area contributed by atoms with Crippen LogP contribution in [0.3, 0.4) is 0 Å². The van der Waals surface area contributed by atoms with Crippen LogP contribution in [0.1, 0.15) is 43.9 Å². The van der Waals surface area contributed by atoms with E-state index in [4.69, 9.17) is 5.73 Å². The zero-order valence-electron chi connectivity index (χ0n) is 18.7. The van der Waals surface area contributed by atoms with Crippen molar-refractivity contribution in [2.75, 3.05) is 19.3 Å². The zero-order chi connectivity index (χ0) is 24.9. The Morgan fingerprint density at radius 3 is 2.52 bits per heavy atom. The van der Waals surface area contributed by atoms with Crippen LogP contribution in [0.25, 0.3) is 0 Å². The van der Waals surface area contributed by atoms with E-state index in [0.717, 1.165) is 26.0 Å². The molecular weight excluding hydrogens is 442 g/mol. The van der Waals surface area contributed by atoms with Gasteiger partial charge in [0.05, 0.1) is 24.5 Å². The first-order valence-corrected chi connectivity index (χ1v) is 10.1. The van der Waals surface area contributed by atoms with Gasteiger partial charge >= 0.3 is 5.92 Å². The minimum atomic E-state index is -3.64. The molecule has 0 radical (unpaired) electrons. The molecule has 3 N–H and O–H groups in total. The minimum Gasteiger partial charge on any atom is -0.398 e. The number of hydrogen-bond donors (Lipinski definition) is 2. The van der Waals surface area contributed by atoms with Crippen molar-refractivity contribution in [3.05, 3.63) is 59.2 Å². The van der Waals surface area contributed by atoms with E-state index in [2.05, 4.69) is 16.6 Å². The molecule has 0 saturated heterocycles. The molecule has 1 amide bonds. The Balaban J connectivity index is 1.96. The number of aliphatic hydroxyl groups is 1. The van der Waals surface area contributed by atoms with Gasteiger partial charge in [-0.25, -0.2) is 13.8 Å². The number of amides is 1. The average Bonchev–Trinajstić information content (AvgIpc) is 3.17. The summed E-state index contributed by atoms with van der Waals surface area (Å²) in [6.45, 7) is 7.06. The number of aliphatic imine (C=N–C) groups is 1. The maximum absolute atomic E-state index is 14.7. The number of nitrogens with zero attached hydrogens (tertiary/aromatic N) is 4. The van der Waals surface area contributed by atoms with Gasteiger partial charge in [-0.1, -0.05) is 6.58 Å². The van der Waals surface area contributed by atoms with Gasteiger partial charge in [-0.05, 0) is 32.4 Å². The number of nitrogens with two attached hydrogens (primary N) is 1. The predicted octanol–water partition coefficient (Wildman–Crippen LogP) is 3.18. The molecule has 2 atom stereocenters. The molecule has 3 rings (SSSR count). The molecule has 0 fully saturated rings. The van der Waals surface area contributed by atoms with Crippen LogP contribution in [0.15, 0.2) is 35.5 Å². The van der Waals surface area contributed by atoms with Gasteiger partial charge in [0, 0.05) is 30.9 Å². The molecule has 0 spiro atoms. The van der Waals surface area contributed by atoms with Gasteiger partial charge in [-0.3, -0.25) is 9.79 Å². The highest BCUT2D eigenvalue weighted by Crippen LogP contribution is 2.43. The third-order valence-electron chi connectivity index (χ3n) is 5.80. The van der Waals surface area contributed by atoms with E-state index in [1.165, 1.54) is 22.7 Å². The van der Waals surface area contributed by atoms with E-state index in [1.807, 2.05) is 0 Å². The summed E-state index contributed by atoms with van der Waals surface area (Å²) < 4.78 is 58.0. The first kappa shape index (κ1) is 24.4. The van der Waals surface area contributed by atoms with Crippen molar-refractivity contribution in [3.63, 3.8) is 0 Å². The van der Waals surface area contributed by atoms with E-state index in [-0.39, 0.29) is 35.9 Å². The number of rotatable bonds is 5. The molecule has 11 heteroatoms. The maximum Gasteiger partial charge on any atom is 0.303 e. The van der Waals surface area contributed by atoms with Gasteiger partial charge in [-0.2, -0.15) is 8.78 Å². The van der Waals surface area contributed by atoms with Crippen molar-refractivity contribution in [2.45, 2.75) is 44.9 Å². The number of fused-ring (bicyclic) bond motifs is 1. The number of benzene rings is 1. The van der Waals surface area contributed by atoms with Crippen molar-refractivity contribution in [2.24, 2.45) is 4.99 Å². The molecule has 1 unspecified atom stereocenters. The van der Waals surface area contributed by atoms with Crippen molar-refractivity contribution in [1.82, 2.24) is 14.5 Å². The normalized spacial score (nSPS) is 18.6. The topological polar surface area (TPSA) is 96.7 Å². The second-order valence-corrected chi connectivity index (χ2v) is 8.33. The summed E-state index contributed by atoms with van der Waals surface area (Å²) in [6, 6.07) is 1.04. The van der Waals surface area contributed by atoms with Crippen LogP contribution in [-0.4, -0.2) is 50.7 Å². The number of carbonyl (C=O) groups is 1. The Morgan fingerprint density at radius 2 is 1.94 bits per heavy atom. The zero-order valence-corrected chi connectivity index (χ0v) is 18.7. The molecule has 0 saturated carbocycles. The molecule has 7 nitrogen and oxygen atoms in total. The average molecular weight is 467 g/mol. The molecule has 33 heavy (non-hydrogen) atoms. The van der Waals surface area contributed by atoms with Crippen LogP contribution in [0.4, 0.5) is 23.2 Å². The lowest BCUT2D eigenvalue weighted by Crippen LogP contribution is -2.48. The summed E-state index contributed by atoms with van der Waals surface area (Å²) in [4.78, 5) is 22.5. The molecule has 1 aromatic carbocycles. The minimum absolute atomic E-state index is 0.0342. The highest BCUT2D eigenvalue weighted by Gasteiger charge is 2.54. The molecule has 1 aliphatic rings. The first-order chi connectivity index (χ1) is 15.2. The third-order valence-corrected chi connectivity index (χ3v) is 5.80. The number of alkyl halides is 2. The Kier molecular flexibility index (Phi) is 6.14. The number of imidazole rings is 1. The van der Waals surface area contributed by atoms with Crippen LogP contribution in [0.2, 0.25) is 0 Å². The Hall–Kier alpha value is -3.21. The van der Waals surface area contributed by atoms with Crippen LogP contribution in [0.5, 0.6) is 0 Å². The second-order valence-electron chi connectivity index (χ2n) is 8.33. The van der Waals surface area contributed by atoms with Gasteiger partial charge in [0.15, 0.2) is 17.2 Å². The fraction of sp³-hybridized carbons (Fsp3) is 0.409. The van der Waals surface area contributed by atoms with Crippen LogP contribution in [0, 0.1) is 11.6 Å². The summed E-state index contributed by atoms with van der Waals surface area (Å²) in [6.07, 6.45) is 1.31. The number of nitrogen functional groups attached to an aromatic ring is 1. The van der Waals surface area contributed by atoms with Crippen molar-refractivity contribution in [1.29, 1.82) is 0 Å². The van der Waals surface area contributed by atoms with E-state index in [0.29, 0.717) is 5.69 Å². The molecule has 2 aromatic rings. The number of carbonyl (C=O) groups excluding carboxylic acids is 1. The number of hydrogen-bond acceptors (Lipinski definition) is 5. The van der Waals surface area contributed by atoms with Crippen LogP contribution >= 0.6 is 0 Å². The lowest BCUT2D eigenvalue weighted by atomic mass is 9.91. The van der Waals surface area contributed by atoms with Gasteiger partial charge in [0.2, 0.25) is 0 Å². The lowest BCUT2D eigenvalue weighted by Gasteiger charge is -2.38. The third kappa shape index (κ3) is 3.90. The van der Waals surface area contributed by atoms with Crippen LogP contribution in [-0.2, 0) is 16.9 Å². The van der Waals surface area contributed by atoms with E-state index < -0.39 is 40.7 Å². The lowest BCUT2D eigenvalue weighted by molar-refractivity contribution is -0.158. The summed E-state index contributed by atoms with van der Waals surface area (Å²) in [5, 5.41) is 10.7. The Labute approximate surface area is 188 Å². The molecule has 1 aromatic heterocycles.